The molecule has 0 unspecified atom stereocenters. The molecular weight excluding hydrogens is 394 g/mol. The molecule has 0 bridgehead atoms. The van der Waals surface area contributed by atoms with Crippen molar-refractivity contribution in [3.63, 3.8) is 0 Å². The van der Waals surface area contributed by atoms with Gasteiger partial charge in [-0.05, 0) is 24.3 Å². The predicted octanol–water partition coefficient (Wildman–Crippen LogP) is 2.93. The first kappa shape index (κ1) is 19.7. The SMILES string of the molecule is N#Cc1cccnc1N1CCN(Cc2nc(-c3ccccc3OC(F)F)no2)CC1. The summed E-state index contributed by atoms with van der Waals surface area (Å²) >= 11 is 0. The van der Waals surface area contributed by atoms with Crippen LogP contribution in [0, 0.1) is 11.3 Å². The number of aromatic nitrogens is 3. The van der Waals surface area contributed by atoms with Gasteiger partial charge in [0.1, 0.15) is 17.6 Å². The van der Waals surface area contributed by atoms with Gasteiger partial charge in [-0.3, -0.25) is 4.90 Å². The van der Waals surface area contributed by atoms with Crippen molar-refractivity contribution < 1.29 is 18.0 Å². The summed E-state index contributed by atoms with van der Waals surface area (Å²) in [6.07, 6.45) is 1.68. The van der Waals surface area contributed by atoms with Crippen LogP contribution in [0.3, 0.4) is 0 Å². The Morgan fingerprint density at radius 1 is 1.13 bits per heavy atom. The zero-order valence-corrected chi connectivity index (χ0v) is 15.9. The van der Waals surface area contributed by atoms with Crippen molar-refractivity contribution >= 4 is 5.82 Å². The van der Waals surface area contributed by atoms with E-state index >= 15 is 0 Å². The molecule has 10 heteroatoms. The molecule has 0 atom stereocenters. The number of piperazine rings is 1. The molecule has 0 saturated carbocycles. The van der Waals surface area contributed by atoms with Crippen LogP contribution in [0.2, 0.25) is 0 Å². The third kappa shape index (κ3) is 4.36. The Labute approximate surface area is 171 Å². The smallest absolute Gasteiger partial charge is 0.387 e. The van der Waals surface area contributed by atoms with Gasteiger partial charge in [0.05, 0.1) is 17.7 Å². The van der Waals surface area contributed by atoms with Gasteiger partial charge in [0.2, 0.25) is 11.7 Å². The van der Waals surface area contributed by atoms with Crippen LogP contribution in [0.5, 0.6) is 5.75 Å². The zero-order valence-electron chi connectivity index (χ0n) is 15.9. The average Bonchev–Trinajstić information content (AvgIpc) is 3.22. The minimum Gasteiger partial charge on any atom is -0.434 e. The standard InChI is InChI=1S/C20H18F2N6O2/c21-20(22)29-16-6-2-1-5-15(16)18-25-17(30-26-18)13-27-8-10-28(11-9-27)19-14(12-23)4-3-7-24-19/h1-7,20H,8-11,13H2. The molecule has 0 spiro atoms. The van der Waals surface area contributed by atoms with Gasteiger partial charge in [0, 0.05) is 32.4 Å². The lowest BCUT2D eigenvalue weighted by Crippen LogP contribution is -2.46. The molecule has 1 fully saturated rings. The molecule has 2 aromatic heterocycles. The van der Waals surface area contributed by atoms with Crippen molar-refractivity contribution in [3.8, 4) is 23.2 Å². The lowest BCUT2D eigenvalue weighted by atomic mass is 10.2. The van der Waals surface area contributed by atoms with E-state index in [1.165, 1.54) is 6.07 Å². The number of nitriles is 1. The molecule has 0 aliphatic carbocycles. The van der Waals surface area contributed by atoms with Gasteiger partial charge in [-0.1, -0.05) is 17.3 Å². The largest absolute Gasteiger partial charge is 0.434 e. The van der Waals surface area contributed by atoms with Gasteiger partial charge < -0.3 is 14.2 Å². The number of hydrogen-bond donors (Lipinski definition) is 0. The number of anilines is 1. The molecule has 1 saturated heterocycles. The molecule has 154 valence electrons. The van der Waals surface area contributed by atoms with Crippen LogP contribution in [0.4, 0.5) is 14.6 Å². The highest BCUT2D eigenvalue weighted by Gasteiger charge is 2.22. The molecule has 3 aromatic rings. The Morgan fingerprint density at radius 2 is 1.93 bits per heavy atom. The van der Waals surface area contributed by atoms with Crippen molar-refractivity contribution in [2.75, 3.05) is 31.1 Å². The van der Waals surface area contributed by atoms with E-state index in [0.29, 0.717) is 42.5 Å². The number of rotatable bonds is 6. The molecule has 1 aliphatic heterocycles. The van der Waals surface area contributed by atoms with Crippen molar-refractivity contribution in [2.24, 2.45) is 0 Å². The second-order valence-corrected chi connectivity index (χ2v) is 6.64. The van der Waals surface area contributed by atoms with Crippen LogP contribution in [0.1, 0.15) is 11.5 Å². The van der Waals surface area contributed by atoms with E-state index in [-0.39, 0.29) is 11.6 Å². The highest BCUT2D eigenvalue weighted by molar-refractivity contribution is 5.63. The summed E-state index contributed by atoms with van der Waals surface area (Å²) in [6, 6.07) is 12.0. The maximum Gasteiger partial charge on any atom is 0.387 e. The minimum absolute atomic E-state index is 0.00266. The maximum atomic E-state index is 12.6. The summed E-state index contributed by atoms with van der Waals surface area (Å²) in [6.45, 7) is 0.366. The topological polar surface area (TPSA) is 91.3 Å². The number of pyridine rings is 1. The lowest BCUT2D eigenvalue weighted by molar-refractivity contribution is -0.0494. The van der Waals surface area contributed by atoms with E-state index in [1.807, 2.05) is 0 Å². The van der Waals surface area contributed by atoms with E-state index in [0.717, 1.165) is 13.1 Å². The van der Waals surface area contributed by atoms with E-state index in [2.05, 4.69) is 35.7 Å². The molecule has 3 heterocycles. The summed E-state index contributed by atoms with van der Waals surface area (Å²) in [7, 11) is 0. The summed E-state index contributed by atoms with van der Waals surface area (Å²) in [5.41, 5.74) is 0.897. The molecular formula is C20H18F2N6O2. The second-order valence-electron chi connectivity index (χ2n) is 6.64. The van der Waals surface area contributed by atoms with E-state index in [4.69, 9.17) is 4.52 Å². The summed E-state index contributed by atoms with van der Waals surface area (Å²) in [5, 5.41) is 13.2. The Kier molecular flexibility index (Phi) is 5.81. The first-order valence-corrected chi connectivity index (χ1v) is 9.33. The minimum atomic E-state index is -2.94. The number of para-hydroxylation sites is 1. The molecule has 1 aliphatic rings. The highest BCUT2D eigenvalue weighted by atomic mass is 19.3. The van der Waals surface area contributed by atoms with Crippen molar-refractivity contribution in [2.45, 2.75) is 13.2 Å². The highest BCUT2D eigenvalue weighted by Crippen LogP contribution is 2.29. The van der Waals surface area contributed by atoms with Crippen LogP contribution in [0.15, 0.2) is 47.1 Å². The summed E-state index contributed by atoms with van der Waals surface area (Å²) in [4.78, 5) is 12.9. The van der Waals surface area contributed by atoms with Gasteiger partial charge in [0.15, 0.2) is 0 Å². The number of alkyl halides is 2. The van der Waals surface area contributed by atoms with Crippen LogP contribution >= 0.6 is 0 Å². The molecule has 1 aromatic carbocycles. The fraction of sp³-hybridized carbons (Fsp3) is 0.300. The van der Waals surface area contributed by atoms with Crippen LogP contribution < -0.4 is 9.64 Å². The monoisotopic (exact) mass is 412 g/mol. The van der Waals surface area contributed by atoms with Gasteiger partial charge in [0.25, 0.3) is 0 Å². The number of ether oxygens (including phenoxy) is 1. The van der Waals surface area contributed by atoms with Crippen molar-refractivity contribution in [3.05, 3.63) is 54.0 Å². The summed E-state index contributed by atoms with van der Waals surface area (Å²) < 4.78 is 35.1. The number of benzene rings is 1. The molecule has 0 N–H and O–H groups in total. The van der Waals surface area contributed by atoms with Gasteiger partial charge in [-0.25, -0.2) is 4.98 Å². The first-order valence-electron chi connectivity index (χ1n) is 9.33. The average molecular weight is 412 g/mol. The number of hydrogen-bond acceptors (Lipinski definition) is 8. The van der Waals surface area contributed by atoms with E-state index < -0.39 is 6.61 Å². The molecule has 0 amide bonds. The van der Waals surface area contributed by atoms with Gasteiger partial charge in [-0.15, -0.1) is 0 Å². The maximum absolute atomic E-state index is 12.6. The molecule has 0 radical (unpaired) electrons. The third-order valence-electron chi connectivity index (χ3n) is 4.75. The Morgan fingerprint density at radius 3 is 2.70 bits per heavy atom. The number of halogens is 2. The van der Waals surface area contributed by atoms with Gasteiger partial charge >= 0.3 is 6.61 Å². The lowest BCUT2D eigenvalue weighted by Gasteiger charge is -2.34. The van der Waals surface area contributed by atoms with Gasteiger partial charge in [-0.2, -0.15) is 19.0 Å². The normalized spacial score (nSPS) is 14.7. The molecule has 8 nitrogen and oxygen atoms in total. The Bertz CT molecular complexity index is 1040. The Balaban J connectivity index is 1.40. The van der Waals surface area contributed by atoms with Crippen molar-refractivity contribution in [1.29, 1.82) is 5.26 Å². The Hall–Kier alpha value is -3.58. The fourth-order valence-corrected chi connectivity index (χ4v) is 3.32. The predicted molar refractivity (Wildman–Crippen MR) is 103 cm³/mol. The molecule has 30 heavy (non-hydrogen) atoms. The van der Waals surface area contributed by atoms with Crippen LogP contribution in [-0.4, -0.2) is 52.8 Å². The van der Waals surface area contributed by atoms with E-state index in [9.17, 15) is 14.0 Å². The summed E-state index contributed by atoms with van der Waals surface area (Å²) in [5.74, 6) is 1.28. The molecule has 4 rings (SSSR count). The van der Waals surface area contributed by atoms with Crippen molar-refractivity contribution in [1.82, 2.24) is 20.0 Å². The second kappa shape index (κ2) is 8.84. The van der Waals surface area contributed by atoms with E-state index in [1.54, 1.807) is 36.5 Å². The number of nitrogens with zero attached hydrogens (tertiary/aromatic N) is 6. The third-order valence-corrected chi connectivity index (χ3v) is 4.75. The quantitative estimate of drug-likeness (QED) is 0.610. The van der Waals surface area contributed by atoms with Crippen LogP contribution in [-0.2, 0) is 6.54 Å². The zero-order chi connectivity index (χ0) is 20.9. The fourth-order valence-electron chi connectivity index (χ4n) is 3.32. The first-order chi connectivity index (χ1) is 14.6. The van der Waals surface area contributed by atoms with Crippen LogP contribution in [0.25, 0.3) is 11.4 Å².